The van der Waals surface area contributed by atoms with Gasteiger partial charge in [0.25, 0.3) is 0 Å². The van der Waals surface area contributed by atoms with Crippen molar-refractivity contribution in [3.8, 4) is 34.4 Å². The van der Waals surface area contributed by atoms with Crippen LogP contribution in [0.5, 0.6) is 11.5 Å². The summed E-state index contributed by atoms with van der Waals surface area (Å²) >= 11 is 5.93. The third-order valence-corrected chi connectivity index (χ3v) is 4.97. The molecule has 0 aliphatic rings. The Morgan fingerprint density at radius 3 is 2.34 bits per heavy atom. The minimum absolute atomic E-state index is 0.165. The van der Waals surface area contributed by atoms with Crippen LogP contribution in [0.3, 0.4) is 0 Å². The molecule has 0 saturated heterocycles. The van der Waals surface area contributed by atoms with Gasteiger partial charge in [0.2, 0.25) is 17.7 Å². The molecule has 0 atom stereocenters. The summed E-state index contributed by atoms with van der Waals surface area (Å²) in [7, 11) is 3.13. The summed E-state index contributed by atoms with van der Waals surface area (Å²) in [5.74, 6) is 1.77. The van der Waals surface area contributed by atoms with E-state index in [4.69, 9.17) is 25.5 Å². The van der Waals surface area contributed by atoms with Crippen LogP contribution < -0.4 is 14.8 Å². The average molecular weight is 450 g/mol. The zero-order valence-electron chi connectivity index (χ0n) is 17.5. The number of amides is 1. The molecule has 0 spiro atoms. The smallest absolute Gasteiger partial charge is 0.248 e. The minimum atomic E-state index is -0.165. The maximum atomic E-state index is 12.6. The Kier molecular flexibility index (Phi) is 6.37. The first-order valence-electron chi connectivity index (χ1n) is 9.76. The average Bonchev–Trinajstić information content (AvgIpc) is 3.30. The van der Waals surface area contributed by atoms with Crippen molar-refractivity contribution in [1.82, 2.24) is 10.2 Å². The first-order valence-corrected chi connectivity index (χ1v) is 10.1. The van der Waals surface area contributed by atoms with E-state index in [2.05, 4.69) is 15.5 Å². The van der Waals surface area contributed by atoms with E-state index in [0.29, 0.717) is 39.6 Å². The number of aromatic nitrogens is 2. The molecule has 0 unspecified atom stereocenters. The Hall–Kier alpha value is -3.84. The van der Waals surface area contributed by atoms with Gasteiger partial charge in [-0.15, -0.1) is 10.2 Å². The van der Waals surface area contributed by atoms with Crippen LogP contribution in [0, 0.1) is 0 Å². The van der Waals surface area contributed by atoms with Crippen LogP contribution in [-0.4, -0.2) is 30.3 Å². The van der Waals surface area contributed by atoms with Gasteiger partial charge in [0.15, 0.2) is 11.5 Å². The molecule has 162 valence electrons. The van der Waals surface area contributed by atoms with E-state index < -0.39 is 0 Å². The quantitative estimate of drug-likeness (QED) is 0.414. The lowest BCUT2D eigenvalue weighted by Gasteiger charge is -2.10. The highest BCUT2D eigenvalue weighted by atomic mass is 35.5. The van der Waals surface area contributed by atoms with E-state index in [9.17, 15) is 4.79 Å². The first-order chi connectivity index (χ1) is 15.6. The van der Waals surface area contributed by atoms with Gasteiger partial charge in [0.1, 0.15) is 0 Å². The number of methoxy groups -OCH3 is 2. The molecule has 8 heteroatoms. The van der Waals surface area contributed by atoms with Gasteiger partial charge in [-0.25, -0.2) is 0 Å². The number of carbonyl (C=O) groups is 1. The number of hydrogen-bond donors (Lipinski definition) is 1. The van der Waals surface area contributed by atoms with Crippen LogP contribution in [-0.2, 0) is 11.2 Å². The predicted molar refractivity (Wildman–Crippen MR) is 122 cm³/mol. The molecule has 7 nitrogen and oxygen atoms in total. The molecule has 1 amide bonds. The number of ether oxygens (including phenoxy) is 2. The lowest BCUT2D eigenvalue weighted by molar-refractivity contribution is -0.115. The number of benzene rings is 3. The van der Waals surface area contributed by atoms with Crippen LogP contribution in [0.1, 0.15) is 5.56 Å². The van der Waals surface area contributed by atoms with Crippen molar-refractivity contribution in [3.63, 3.8) is 0 Å². The maximum absolute atomic E-state index is 12.6. The summed E-state index contributed by atoms with van der Waals surface area (Å²) in [5.41, 5.74) is 2.90. The Balaban J connectivity index is 1.46. The molecule has 0 radical (unpaired) electrons. The van der Waals surface area contributed by atoms with E-state index in [-0.39, 0.29) is 12.3 Å². The van der Waals surface area contributed by atoms with Gasteiger partial charge in [0.05, 0.1) is 20.6 Å². The van der Waals surface area contributed by atoms with Gasteiger partial charge < -0.3 is 19.2 Å². The Morgan fingerprint density at radius 1 is 0.906 bits per heavy atom. The molecule has 1 aromatic heterocycles. The van der Waals surface area contributed by atoms with Crippen molar-refractivity contribution in [1.29, 1.82) is 0 Å². The molecule has 0 aliphatic heterocycles. The highest BCUT2D eigenvalue weighted by molar-refractivity contribution is 6.30. The summed E-state index contributed by atoms with van der Waals surface area (Å²) in [4.78, 5) is 12.6. The minimum Gasteiger partial charge on any atom is -0.493 e. The number of hydrogen-bond acceptors (Lipinski definition) is 6. The van der Waals surface area contributed by atoms with Crippen molar-refractivity contribution < 1.29 is 18.7 Å². The number of anilines is 1. The number of nitrogens with one attached hydrogen (secondary N) is 1. The number of rotatable bonds is 7. The summed E-state index contributed by atoms with van der Waals surface area (Å²) in [6, 6.07) is 19.8. The molecule has 0 fully saturated rings. The second kappa shape index (κ2) is 9.53. The maximum Gasteiger partial charge on any atom is 0.248 e. The fourth-order valence-electron chi connectivity index (χ4n) is 3.16. The molecule has 3 aromatic carbocycles. The third kappa shape index (κ3) is 4.90. The van der Waals surface area contributed by atoms with E-state index in [1.54, 1.807) is 50.6 Å². The lowest BCUT2D eigenvalue weighted by atomic mass is 10.1. The van der Waals surface area contributed by atoms with Crippen molar-refractivity contribution in [3.05, 3.63) is 77.3 Å². The van der Waals surface area contributed by atoms with Gasteiger partial charge in [-0.3, -0.25) is 4.79 Å². The van der Waals surface area contributed by atoms with Gasteiger partial charge in [-0.1, -0.05) is 23.7 Å². The molecule has 4 aromatic rings. The highest BCUT2D eigenvalue weighted by Crippen LogP contribution is 2.29. The topological polar surface area (TPSA) is 86.5 Å². The number of nitrogens with zero attached hydrogens (tertiary/aromatic N) is 2. The monoisotopic (exact) mass is 449 g/mol. The van der Waals surface area contributed by atoms with Crippen LogP contribution >= 0.6 is 11.6 Å². The molecule has 32 heavy (non-hydrogen) atoms. The van der Waals surface area contributed by atoms with Crippen molar-refractivity contribution >= 4 is 23.2 Å². The number of halogens is 1. The number of carbonyl (C=O) groups excluding carboxylic acids is 1. The summed E-state index contributed by atoms with van der Waals surface area (Å²) in [6.45, 7) is 0. The van der Waals surface area contributed by atoms with Crippen LogP contribution in [0.15, 0.2) is 71.1 Å². The van der Waals surface area contributed by atoms with Crippen LogP contribution in [0.4, 0.5) is 5.69 Å². The van der Waals surface area contributed by atoms with E-state index in [0.717, 1.165) is 11.1 Å². The molecular weight excluding hydrogens is 430 g/mol. The van der Waals surface area contributed by atoms with Gasteiger partial charge in [-0.05, 0) is 60.2 Å². The Morgan fingerprint density at radius 2 is 1.62 bits per heavy atom. The third-order valence-electron chi connectivity index (χ3n) is 4.72. The lowest BCUT2D eigenvalue weighted by Crippen LogP contribution is -2.14. The van der Waals surface area contributed by atoms with Gasteiger partial charge in [0, 0.05) is 21.8 Å². The van der Waals surface area contributed by atoms with Crippen molar-refractivity contribution in [2.24, 2.45) is 0 Å². The van der Waals surface area contributed by atoms with Crippen LogP contribution in [0.25, 0.3) is 22.9 Å². The molecular formula is C24H20ClN3O4. The van der Waals surface area contributed by atoms with E-state index in [1.807, 2.05) is 30.3 Å². The zero-order chi connectivity index (χ0) is 22.5. The highest BCUT2D eigenvalue weighted by Gasteiger charge is 2.13. The summed E-state index contributed by atoms with van der Waals surface area (Å²) in [6.07, 6.45) is 0.186. The molecule has 0 bridgehead atoms. The fourth-order valence-corrected chi connectivity index (χ4v) is 3.29. The largest absolute Gasteiger partial charge is 0.493 e. The summed E-state index contributed by atoms with van der Waals surface area (Å²) < 4.78 is 16.3. The molecule has 4 rings (SSSR count). The standard InChI is InChI=1S/C24H20ClN3O4/c1-30-20-11-6-15(12-21(20)31-2)13-22(29)26-19-5-3-4-17(14-19)24-28-27-23(32-24)16-7-9-18(25)10-8-16/h3-12,14H,13H2,1-2H3,(H,26,29). The Labute approximate surface area is 190 Å². The fraction of sp³-hybridized carbons (Fsp3) is 0.125. The van der Waals surface area contributed by atoms with Crippen LogP contribution in [0.2, 0.25) is 5.02 Å². The van der Waals surface area contributed by atoms with Crippen molar-refractivity contribution in [2.75, 3.05) is 19.5 Å². The Bertz CT molecular complexity index is 1240. The van der Waals surface area contributed by atoms with E-state index in [1.165, 1.54) is 0 Å². The molecule has 1 N–H and O–H groups in total. The van der Waals surface area contributed by atoms with Gasteiger partial charge in [-0.2, -0.15) is 0 Å². The van der Waals surface area contributed by atoms with Gasteiger partial charge >= 0.3 is 0 Å². The SMILES string of the molecule is COc1ccc(CC(=O)Nc2cccc(-c3nnc(-c4ccc(Cl)cc4)o3)c2)cc1OC. The normalized spacial score (nSPS) is 10.6. The zero-order valence-corrected chi connectivity index (χ0v) is 18.2. The summed E-state index contributed by atoms with van der Waals surface area (Å²) in [5, 5.41) is 11.7. The van der Waals surface area contributed by atoms with E-state index >= 15 is 0 Å². The second-order valence-corrected chi connectivity index (χ2v) is 7.35. The molecule has 0 aliphatic carbocycles. The molecule has 1 heterocycles. The molecule has 0 saturated carbocycles. The first kappa shape index (κ1) is 21.4. The van der Waals surface area contributed by atoms with Crippen molar-refractivity contribution in [2.45, 2.75) is 6.42 Å². The predicted octanol–water partition coefficient (Wildman–Crippen LogP) is 5.26. The second-order valence-electron chi connectivity index (χ2n) is 6.91.